The first-order chi connectivity index (χ1) is 12.5. The van der Waals surface area contributed by atoms with Crippen molar-refractivity contribution in [2.24, 2.45) is 11.1 Å². The van der Waals surface area contributed by atoms with Gasteiger partial charge in [0, 0.05) is 12.7 Å². The lowest BCUT2D eigenvalue weighted by molar-refractivity contribution is -0.149. The standard InChI is InChI=1S/C17H21N3O6/c1-24-14(21)11-6-12(8-19-7-11)26-10-13-9-20(4-5-25-13)16(23)17(2-3-17)15(18)22/h6-8,13H,2-5,9-10H2,1H3,(H2,18,22). The molecule has 0 aromatic carbocycles. The number of esters is 1. The Balaban J connectivity index is 1.57. The summed E-state index contributed by atoms with van der Waals surface area (Å²) in [4.78, 5) is 41.2. The van der Waals surface area contributed by atoms with Gasteiger partial charge in [-0.3, -0.25) is 14.6 Å². The minimum Gasteiger partial charge on any atom is -0.489 e. The molecule has 2 fully saturated rings. The van der Waals surface area contributed by atoms with Gasteiger partial charge in [0.1, 0.15) is 23.9 Å². The Morgan fingerprint density at radius 3 is 2.81 bits per heavy atom. The minimum atomic E-state index is -1.03. The Morgan fingerprint density at radius 2 is 2.15 bits per heavy atom. The van der Waals surface area contributed by atoms with Crippen molar-refractivity contribution in [3.63, 3.8) is 0 Å². The van der Waals surface area contributed by atoms with Gasteiger partial charge in [-0.2, -0.15) is 0 Å². The summed E-state index contributed by atoms with van der Waals surface area (Å²) >= 11 is 0. The van der Waals surface area contributed by atoms with Crippen molar-refractivity contribution in [3.05, 3.63) is 24.0 Å². The van der Waals surface area contributed by atoms with Crippen LogP contribution in [0.25, 0.3) is 0 Å². The quantitative estimate of drug-likeness (QED) is 0.546. The smallest absolute Gasteiger partial charge is 0.339 e. The highest BCUT2D eigenvalue weighted by atomic mass is 16.5. The molecule has 2 N–H and O–H groups in total. The fraction of sp³-hybridized carbons (Fsp3) is 0.529. The number of hydrogen-bond donors (Lipinski definition) is 1. The van der Waals surface area contributed by atoms with Crippen LogP contribution in [0.4, 0.5) is 0 Å². The summed E-state index contributed by atoms with van der Waals surface area (Å²) in [7, 11) is 1.29. The summed E-state index contributed by atoms with van der Waals surface area (Å²) in [5, 5.41) is 0. The molecule has 1 aromatic rings. The molecule has 1 saturated heterocycles. The molecule has 2 heterocycles. The van der Waals surface area contributed by atoms with Gasteiger partial charge in [0.2, 0.25) is 11.8 Å². The molecule has 9 heteroatoms. The first-order valence-corrected chi connectivity index (χ1v) is 8.33. The van der Waals surface area contributed by atoms with Gasteiger partial charge in [0.05, 0.1) is 32.0 Å². The zero-order valence-electron chi connectivity index (χ0n) is 14.5. The van der Waals surface area contributed by atoms with Crippen molar-refractivity contribution < 1.29 is 28.6 Å². The Bertz CT molecular complexity index is 718. The van der Waals surface area contributed by atoms with E-state index in [1.807, 2.05) is 0 Å². The highest BCUT2D eigenvalue weighted by molar-refractivity contribution is 6.07. The van der Waals surface area contributed by atoms with Gasteiger partial charge in [-0.05, 0) is 18.9 Å². The van der Waals surface area contributed by atoms with Crippen LogP contribution in [0.1, 0.15) is 23.2 Å². The van der Waals surface area contributed by atoms with Gasteiger partial charge >= 0.3 is 5.97 Å². The van der Waals surface area contributed by atoms with E-state index in [0.717, 1.165) is 0 Å². The maximum atomic E-state index is 12.6. The van der Waals surface area contributed by atoms with Crippen molar-refractivity contribution in [1.29, 1.82) is 0 Å². The lowest BCUT2D eigenvalue weighted by Gasteiger charge is -2.34. The number of pyridine rings is 1. The second-order valence-electron chi connectivity index (χ2n) is 6.40. The van der Waals surface area contributed by atoms with Crippen LogP contribution < -0.4 is 10.5 Å². The molecule has 26 heavy (non-hydrogen) atoms. The number of nitrogens with two attached hydrogens (primary N) is 1. The Hall–Kier alpha value is -2.68. The summed E-state index contributed by atoms with van der Waals surface area (Å²) in [6.07, 6.45) is 3.52. The van der Waals surface area contributed by atoms with Gasteiger partial charge in [0.15, 0.2) is 0 Å². The molecule has 140 valence electrons. The monoisotopic (exact) mass is 363 g/mol. The van der Waals surface area contributed by atoms with Crippen LogP contribution in [-0.4, -0.2) is 67.2 Å². The normalized spacial score (nSPS) is 21.0. The molecular weight excluding hydrogens is 342 g/mol. The maximum Gasteiger partial charge on any atom is 0.339 e. The number of amides is 2. The second-order valence-corrected chi connectivity index (χ2v) is 6.40. The topological polar surface area (TPSA) is 121 Å². The number of methoxy groups -OCH3 is 1. The van der Waals surface area contributed by atoms with E-state index in [9.17, 15) is 14.4 Å². The maximum absolute atomic E-state index is 12.6. The van der Waals surface area contributed by atoms with E-state index in [-0.39, 0.29) is 24.2 Å². The third-order valence-electron chi connectivity index (χ3n) is 4.63. The van der Waals surface area contributed by atoms with Crippen LogP contribution in [-0.2, 0) is 19.1 Å². The lowest BCUT2D eigenvalue weighted by atomic mass is 10.0. The fourth-order valence-corrected chi connectivity index (χ4v) is 2.91. The molecule has 2 aliphatic rings. The van der Waals surface area contributed by atoms with E-state index in [1.54, 1.807) is 4.90 Å². The fourth-order valence-electron chi connectivity index (χ4n) is 2.91. The number of aromatic nitrogens is 1. The van der Waals surface area contributed by atoms with Crippen molar-refractivity contribution in [2.45, 2.75) is 18.9 Å². The summed E-state index contributed by atoms with van der Waals surface area (Å²) < 4.78 is 15.9. The van der Waals surface area contributed by atoms with Crippen LogP contribution in [0.3, 0.4) is 0 Å². The molecule has 9 nitrogen and oxygen atoms in total. The predicted octanol–water partition coefficient (Wildman–Crippen LogP) is -0.260. The first kappa shape index (κ1) is 18.1. The highest BCUT2D eigenvalue weighted by Gasteiger charge is 2.57. The largest absolute Gasteiger partial charge is 0.489 e. The third-order valence-corrected chi connectivity index (χ3v) is 4.63. The number of nitrogens with zero attached hydrogens (tertiary/aromatic N) is 2. The van der Waals surface area contributed by atoms with Gasteiger partial charge in [-0.1, -0.05) is 0 Å². The molecule has 0 radical (unpaired) electrons. The van der Waals surface area contributed by atoms with E-state index in [2.05, 4.69) is 9.72 Å². The van der Waals surface area contributed by atoms with Crippen molar-refractivity contribution >= 4 is 17.8 Å². The molecule has 0 bridgehead atoms. The lowest BCUT2D eigenvalue weighted by Crippen LogP contribution is -2.52. The van der Waals surface area contributed by atoms with Crippen LogP contribution in [0.5, 0.6) is 5.75 Å². The second kappa shape index (κ2) is 7.28. The van der Waals surface area contributed by atoms with Gasteiger partial charge in [0.25, 0.3) is 0 Å². The molecule has 1 aliphatic carbocycles. The average molecular weight is 363 g/mol. The van der Waals surface area contributed by atoms with Gasteiger partial charge in [-0.25, -0.2) is 4.79 Å². The molecule has 2 amide bonds. The molecular formula is C17H21N3O6. The van der Waals surface area contributed by atoms with E-state index < -0.39 is 17.3 Å². The van der Waals surface area contributed by atoms with Gasteiger partial charge < -0.3 is 24.8 Å². The van der Waals surface area contributed by atoms with E-state index in [4.69, 9.17) is 15.2 Å². The average Bonchev–Trinajstić information content (AvgIpc) is 3.48. The summed E-state index contributed by atoms with van der Waals surface area (Å²) in [5.41, 5.74) is 4.63. The van der Waals surface area contributed by atoms with Crippen LogP contribution in [0.15, 0.2) is 18.5 Å². The van der Waals surface area contributed by atoms with Crippen LogP contribution in [0, 0.1) is 5.41 Å². The zero-order valence-corrected chi connectivity index (χ0v) is 14.5. The predicted molar refractivity (Wildman–Crippen MR) is 88.3 cm³/mol. The number of carbonyl (C=O) groups excluding carboxylic acids is 3. The summed E-state index contributed by atoms with van der Waals surface area (Å²) in [5.74, 6) is -0.897. The first-order valence-electron chi connectivity index (χ1n) is 8.33. The van der Waals surface area contributed by atoms with Crippen molar-refractivity contribution in [2.75, 3.05) is 33.4 Å². The Labute approximate surface area is 150 Å². The molecule has 3 rings (SSSR count). The molecule has 1 aromatic heterocycles. The number of rotatable bonds is 6. The van der Waals surface area contributed by atoms with Gasteiger partial charge in [-0.15, -0.1) is 0 Å². The Morgan fingerprint density at radius 1 is 1.38 bits per heavy atom. The number of carbonyl (C=O) groups is 3. The third kappa shape index (κ3) is 3.62. The van der Waals surface area contributed by atoms with Crippen LogP contribution >= 0.6 is 0 Å². The molecule has 1 atom stereocenters. The number of hydrogen-bond acceptors (Lipinski definition) is 7. The number of morpholine rings is 1. The van der Waals surface area contributed by atoms with E-state index in [1.165, 1.54) is 25.6 Å². The number of ether oxygens (including phenoxy) is 3. The summed E-state index contributed by atoms with van der Waals surface area (Å²) in [6.45, 7) is 1.27. The molecule has 1 unspecified atom stereocenters. The molecule has 0 spiro atoms. The zero-order chi connectivity index (χ0) is 18.7. The van der Waals surface area contributed by atoms with E-state index >= 15 is 0 Å². The highest BCUT2D eigenvalue weighted by Crippen LogP contribution is 2.47. The van der Waals surface area contributed by atoms with Crippen molar-refractivity contribution in [3.8, 4) is 5.75 Å². The number of primary amides is 1. The molecule has 1 aliphatic heterocycles. The van der Waals surface area contributed by atoms with Crippen molar-refractivity contribution in [1.82, 2.24) is 9.88 Å². The minimum absolute atomic E-state index is 0.180. The van der Waals surface area contributed by atoms with E-state index in [0.29, 0.717) is 38.3 Å². The SMILES string of the molecule is COC(=O)c1cncc(OCC2CN(C(=O)C3(C(N)=O)CC3)CCO2)c1. The Kier molecular flexibility index (Phi) is 5.08. The molecule has 1 saturated carbocycles. The van der Waals surface area contributed by atoms with Crippen LogP contribution in [0.2, 0.25) is 0 Å². The summed E-state index contributed by atoms with van der Waals surface area (Å²) in [6, 6.07) is 1.52.